The third-order valence-corrected chi connectivity index (χ3v) is 6.31. The Balaban J connectivity index is 1.54. The van der Waals surface area contributed by atoms with Crippen LogP contribution in [-0.4, -0.2) is 41.4 Å². The second-order valence-corrected chi connectivity index (χ2v) is 10.3. The van der Waals surface area contributed by atoms with Crippen LogP contribution in [-0.2, 0) is 16.0 Å². The number of carbonyl (C=O) groups is 3. The van der Waals surface area contributed by atoms with Gasteiger partial charge in [-0.15, -0.1) is 0 Å². The Morgan fingerprint density at radius 1 is 1.20 bits per heavy atom. The smallest absolute Gasteiger partial charge is 0.325 e. The summed E-state index contributed by atoms with van der Waals surface area (Å²) in [6, 6.07) is 7.93. The van der Waals surface area contributed by atoms with Crippen molar-refractivity contribution >= 4 is 17.8 Å². The molecular formula is C24H35N3O3. The van der Waals surface area contributed by atoms with Crippen LogP contribution in [0, 0.1) is 11.3 Å². The number of amides is 4. The average molecular weight is 414 g/mol. The van der Waals surface area contributed by atoms with Gasteiger partial charge in [0, 0.05) is 6.54 Å². The standard InChI is InChI=1S/C24H35N3O3/c1-16(2)19-8-6-18(7-9-19)10-11-25-20(28)14-27-21(29)24(26-22(27)30)13-17(3)12-23(4,5)15-24/h6-9,16-17H,10-15H2,1-5H3,(H,25,28)(H,26,30). The summed E-state index contributed by atoms with van der Waals surface area (Å²) < 4.78 is 0. The number of nitrogens with one attached hydrogen (secondary N) is 2. The van der Waals surface area contributed by atoms with Gasteiger partial charge in [-0.1, -0.05) is 58.9 Å². The number of urea groups is 1. The maximum atomic E-state index is 13.1. The molecular weight excluding hydrogens is 378 g/mol. The molecule has 6 nitrogen and oxygen atoms in total. The second-order valence-electron chi connectivity index (χ2n) is 10.3. The van der Waals surface area contributed by atoms with E-state index in [4.69, 9.17) is 0 Å². The number of hydrogen-bond acceptors (Lipinski definition) is 3. The van der Waals surface area contributed by atoms with Crippen LogP contribution in [0.4, 0.5) is 4.79 Å². The minimum atomic E-state index is -0.864. The van der Waals surface area contributed by atoms with Gasteiger partial charge in [-0.05, 0) is 54.1 Å². The van der Waals surface area contributed by atoms with Crippen LogP contribution in [0.25, 0.3) is 0 Å². The summed E-state index contributed by atoms with van der Waals surface area (Å²) in [5, 5.41) is 5.75. The Kier molecular flexibility index (Phi) is 6.25. The first kappa shape index (κ1) is 22.3. The van der Waals surface area contributed by atoms with Gasteiger partial charge in [0.05, 0.1) is 0 Å². The normalized spacial score (nSPS) is 25.7. The minimum Gasteiger partial charge on any atom is -0.354 e. The summed E-state index contributed by atoms with van der Waals surface area (Å²) in [5.41, 5.74) is 1.54. The van der Waals surface area contributed by atoms with E-state index in [1.165, 1.54) is 5.56 Å². The zero-order valence-corrected chi connectivity index (χ0v) is 18.9. The molecule has 1 saturated heterocycles. The highest BCUT2D eigenvalue weighted by Gasteiger charge is 2.56. The molecule has 4 amide bonds. The highest BCUT2D eigenvalue weighted by Crippen LogP contribution is 2.46. The molecule has 1 aliphatic heterocycles. The Morgan fingerprint density at radius 3 is 2.47 bits per heavy atom. The van der Waals surface area contributed by atoms with Gasteiger partial charge in [0.15, 0.2) is 0 Å². The zero-order valence-electron chi connectivity index (χ0n) is 18.9. The van der Waals surface area contributed by atoms with Crippen molar-refractivity contribution in [3.63, 3.8) is 0 Å². The highest BCUT2D eigenvalue weighted by molar-refractivity contribution is 6.09. The molecule has 2 N–H and O–H groups in total. The van der Waals surface area contributed by atoms with E-state index in [0.29, 0.717) is 37.6 Å². The topological polar surface area (TPSA) is 78.5 Å². The molecule has 0 bridgehead atoms. The molecule has 1 aromatic rings. The molecule has 0 aromatic heterocycles. The minimum absolute atomic E-state index is 0.0238. The molecule has 1 heterocycles. The van der Waals surface area contributed by atoms with Crippen molar-refractivity contribution in [3.05, 3.63) is 35.4 Å². The second kappa shape index (κ2) is 8.40. The molecule has 1 aliphatic carbocycles. The third-order valence-electron chi connectivity index (χ3n) is 6.31. The quantitative estimate of drug-likeness (QED) is 0.700. The van der Waals surface area contributed by atoms with E-state index in [1.54, 1.807) is 0 Å². The SMILES string of the molecule is CC1CC(C)(C)CC2(C1)NC(=O)N(CC(=O)NCCc1ccc(C(C)C)cc1)C2=O. The number of rotatable bonds is 6. The fraction of sp³-hybridized carbons (Fsp3) is 0.625. The van der Waals surface area contributed by atoms with Crippen LogP contribution in [0.1, 0.15) is 70.9 Å². The highest BCUT2D eigenvalue weighted by atomic mass is 16.2. The van der Waals surface area contributed by atoms with E-state index < -0.39 is 11.6 Å². The number of carbonyl (C=O) groups excluding carboxylic acids is 3. The lowest BCUT2D eigenvalue weighted by Gasteiger charge is -2.43. The molecule has 6 heteroatoms. The maximum Gasteiger partial charge on any atom is 0.325 e. The van der Waals surface area contributed by atoms with Crippen LogP contribution < -0.4 is 10.6 Å². The number of hydrogen-bond donors (Lipinski definition) is 2. The molecule has 2 unspecified atom stereocenters. The lowest BCUT2D eigenvalue weighted by atomic mass is 9.64. The van der Waals surface area contributed by atoms with E-state index in [2.05, 4.69) is 69.5 Å². The first-order valence-corrected chi connectivity index (χ1v) is 11.0. The Labute approximate surface area is 179 Å². The average Bonchev–Trinajstić information content (AvgIpc) is 2.83. The molecule has 2 aliphatic rings. The van der Waals surface area contributed by atoms with Crippen molar-refractivity contribution in [3.8, 4) is 0 Å². The van der Waals surface area contributed by atoms with Crippen molar-refractivity contribution in [2.75, 3.05) is 13.1 Å². The van der Waals surface area contributed by atoms with E-state index in [9.17, 15) is 14.4 Å². The molecule has 2 atom stereocenters. The molecule has 0 radical (unpaired) electrons. The lowest BCUT2D eigenvalue weighted by molar-refractivity contribution is -0.137. The number of benzene rings is 1. The van der Waals surface area contributed by atoms with Crippen molar-refractivity contribution in [2.24, 2.45) is 11.3 Å². The fourth-order valence-electron chi connectivity index (χ4n) is 5.26. The van der Waals surface area contributed by atoms with Gasteiger partial charge >= 0.3 is 6.03 Å². The van der Waals surface area contributed by atoms with Gasteiger partial charge in [-0.25, -0.2) is 4.79 Å². The van der Waals surface area contributed by atoms with Crippen molar-refractivity contribution in [1.29, 1.82) is 0 Å². The van der Waals surface area contributed by atoms with Gasteiger partial charge in [0.1, 0.15) is 12.1 Å². The van der Waals surface area contributed by atoms with Gasteiger partial charge in [0.2, 0.25) is 5.91 Å². The largest absolute Gasteiger partial charge is 0.354 e. The predicted octanol–water partition coefficient (Wildman–Crippen LogP) is 3.61. The van der Waals surface area contributed by atoms with Crippen LogP contribution in [0.2, 0.25) is 0 Å². The van der Waals surface area contributed by atoms with Crippen molar-refractivity contribution < 1.29 is 14.4 Å². The molecule has 2 fully saturated rings. The Morgan fingerprint density at radius 2 is 1.87 bits per heavy atom. The summed E-state index contributed by atoms with van der Waals surface area (Å²) in [4.78, 5) is 39.1. The first-order chi connectivity index (χ1) is 14.0. The number of imide groups is 1. The molecule has 30 heavy (non-hydrogen) atoms. The van der Waals surface area contributed by atoms with E-state index in [-0.39, 0.29) is 23.8 Å². The van der Waals surface area contributed by atoms with Gasteiger partial charge in [0.25, 0.3) is 5.91 Å². The van der Waals surface area contributed by atoms with Crippen molar-refractivity contribution in [2.45, 2.75) is 71.8 Å². The Hall–Kier alpha value is -2.37. The predicted molar refractivity (Wildman–Crippen MR) is 117 cm³/mol. The van der Waals surface area contributed by atoms with Crippen LogP contribution in [0.5, 0.6) is 0 Å². The van der Waals surface area contributed by atoms with Crippen LogP contribution in [0.3, 0.4) is 0 Å². The van der Waals surface area contributed by atoms with Gasteiger partial charge in [-0.3, -0.25) is 14.5 Å². The molecule has 3 rings (SSSR count). The molecule has 1 saturated carbocycles. The summed E-state index contributed by atoms with van der Waals surface area (Å²) in [6.45, 7) is 10.9. The van der Waals surface area contributed by atoms with E-state index >= 15 is 0 Å². The summed E-state index contributed by atoms with van der Waals surface area (Å²) >= 11 is 0. The van der Waals surface area contributed by atoms with E-state index in [0.717, 1.165) is 16.9 Å². The van der Waals surface area contributed by atoms with Gasteiger partial charge in [-0.2, -0.15) is 0 Å². The number of nitrogens with zero attached hydrogens (tertiary/aromatic N) is 1. The first-order valence-electron chi connectivity index (χ1n) is 11.0. The molecule has 1 spiro atoms. The third kappa shape index (κ3) is 4.85. The fourth-order valence-corrected chi connectivity index (χ4v) is 5.26. The van der Waals surface area contributed by atoms with E-state index in [1.807, 2.05) is 0 Å². The molecule has 164 valence electrons. The monoisotopic (exact) mass is 413 g/mol. The summed E-state index contributed by atoms with van der Waals surface area (Å²) in [5.74, 6) is 0.266. The zero-order chi connectivity index (χ0) is 22.1. The van der Waals surface area contributed by atoms with Crippen molar-refractivity contribution in [1.82, 2.24) is 15.5 Å². The van der Waals surface area contributed by atoms with Gasteiger partial charge < -0.3 is 10.6 Å². The maximum absolute atomic E-state index is 13.1. The Bertz CT molecular complexity index is 815. The van der Waals surface area contributed by atoms with Crippen LogP contribution >= 0.6 is 0 Å². The summed E-state index contributed by atoms with van der Waals surface area (Å²) in [6.07, 6.45) is 2.97. The van der Waals surface area contributed by atoms with Crippen LogP contribution in [0.15, 0.2) is 24.3 Å². The molecule has 1 aromatic carbocycles. The lowest BCUT2D eigenvalue weighted by Crippen LogP contribution is -2.54. The summed E-state index contributed by atoms with van der Waals surface area (Å²) in [7, 11) is 0.